The minimum Gasteiger partial charge on any atom is -0.466 e. The van der Waals surface area contributed by atoms with Crippen LogP contribution in [-0.2, 0) is 11.3 Å². The molecule has 0 fully saturated rings. The maximum atomic E-state index is 12.3. The smallest absolute Gasteiger partial charge is 0.387 e. The quantitative estimate of drug-likeness (QED) is 0.823. The molecular formula is C17H17F2NO3. The minimum atomic E-state index is -2.91. The van der Waals surface area contributed by atoms with Gasteiger partial charge in [-0.1, -0.05) is 18.2 Å². The molecule has 0 atom stereocenters. The summed E-state index contributed by atoms with van der Waals surface area (Å²) in [4.78, 5) is 11.8. The van der Waals surface area contributed by atoms with Crippen molar-refractivity contribution in [2.24, 2.45) is 0 Å². The topological polar surface area (TPSA) is 51.5 Å². The van der Waals surface area contributed by atoms with Gasteiger partial charge in [0.15, 0.2) is 0 Å². The van der Waals surface area contributed by atoms with Gasteiger partial charge in [0, 0.05) is 23.7 Å². The van der Waals surface area contributed by atoms with Crippen LogP contribution in [0.5, 0.6) is 5.75 Å². The number of hydrogen-bond donors (Lipinski definition) is 1. The third kappa shape index (κ3) is 4.95. The van der Waals surface area contributed by atoms with Gasteiger partial charge >= 0.3 is 6.61 Å². The van der Waals surface area contributed by atoms with Crippen molar-refractivity contribution in [1.29, 1.82) is 0 Å². The summed E-state index contributed by atoms with van der Waals surface area (Å²) < 4.78 is 34.4. The van der Waals surface area contributed by atoms with E-state index in [1.807, 2.05) is 19.9 Å². The van der Waals surface area contributed by atoms with E-state index in [4.69, 9.17) is 4.42 Å². The van der Waals surface area contributed by atoms with Crippen molar-refractivity contribution >= 4 is 12.0 Å². The maximum Gasteiger partial charge on any atom is 0.387 e. The van der Waals surface area contributed by atoms with Crippen molar-refractivity contribution in [2.45, 2.75) is 27.0 Å². The minimum absolute atomic E-state index is 0.0212. The normalized spacial score (nSPS) is 11.2. The number of halogens is 2. The molecule has 0 aliphatic carbocycles. The lowest BCUT2D eigenvalue weighted by molar-refractivity contribution is -0.116. The lowest BCUT2D eigenvalue weighted by Gasteiger charge is -2.07. The van der Waals surface area contributed by atoms with Crippen LogP contribution in [0, 0.1) is 13.8 Å². The average molecular weight is 321 g/mol. The number of nitrogens with one attached hydrogen (secondary N) is 1. The van der Waals surface area contributed by atoms with E-state index in [9.17, 15) is 13.6 Å². The van der Waals surface area contributed by atoms with Gasteiger partial charge in [-0.15, -0.1) is 0 Å². The van der Waals surface area contributed by atoms with Crippen molar-refractivity contribution in [3.63, 3.8) is 0 Å². The monoisotopic (exact) mass is 321 g/mol. The van der Waals surface area contributed by atoms with E-state index >= 15 is 0 Å². The third-order valence-electron chi connectivity index (χ3n) is 3.15. The molecule has 1 aromatic heterocycles. The average Bonchev–Trinajstić information content (AvgIpc) is 2.81. The van der Waals surface area contributed by atoms with Crippen molar-refractivity contribution in [1.82, 2.24) is 5.32 Å². The maximum absolute atomic E-state index is 12.3. The number of alkyl halides is 2. The number of rotatable bonds is 6. The highest BCUT2D eigenvalue weighted by molar-refractivity contribution is 5.92. The zero-order chi connectivity index (χ0) is 16.8. The molecule has 0 aliphatic rings. The summed E-state index contributed by atoms with van der Waals surface area (Å²) in [6.07, 6.45) is 2.70. The van der Waals surface area contributed by atoms with Crippen molar-refractivity contribution in [3.8, 4) is 5.75 Å². The molecule has 0 unspecified atom stereocenters. The number of carbonyl (C=O) groups is 1. The van der Waals surface area contributed by atoms with Gasteiger partial charge in [0.25, 0.3) is 0 Å². The lowest BCUT2D eigenvalue weighted by Crippen LogP contribution is -2.20. The largest absolute Gasteiger partial charge is 0.466 e. The summed E-state index contributed by atoms with van der Waals surface area (Å²) in [5.41, 5.74) is 1.30. The van der Waals surface area contributed by atoms with Crippen molar-refractivity contribution < 1.29 is 22.7 Å². The Kier molecular flexibility index (Phi) is 5.51. The molecule has 4 nitrogen and oxygen atoms in total. The van der Waals surface area contributed by atoms with Crippen molar-refractivity contribution in [2.75, 3.05) is 0 Å². The second kappa shape index (κ2) is 7.58. The van der Waals surface area contributed by atoms with Crippen LogP contribution >= 0.6 is 0 Å². The lowest BCUT2D eigenvalue weighted by atomic mass is 10.2. The Hall–Kier alpha value is -2.63. The molecule has 23 heavy (non-hydrogen) atoms. The van der Waals surface area contributed by atoms with Crippen LogP contribution in [0.25, 0.3) is 6.08 Å². The molecule has 6 heteroatoms. The Labute approximate surface area is 132 Å². The van der Waals surface area contributed by atoms with E-state index in [0.29, 0.717) is 12.1 Å². The molecule has 0 bridgehead atoms. The molecule has 0 radical (unpaired) electrons. The van der Waals surface area contributed by atoms with Crippen LogP contribution in [0.15, 0.2) is 40.8 Å². The van der Waals surface area contributed by atoms with Gasteiger partial charge in [-0.25, -0.2) is 0 Å². The highest BCUT2D eigenvalue weighted by Gasteiger charge is 2.08. The summed E-state index contributed by atoms with van der Waals surface area (Å²) >= 11 is 0. The molecular weight excluding hydrogens is 304 g/mol. The molecule has 1 aromatic carbocycles. The Morgan fingerprint density at radius 1 is 1.35 bits per heavy atom. The Morgan fingerprint density at radius 3 is 2.74 bits per heavy atom. The van der Waals surface area contributed by atoms with Gasteiger partial charge in [-0.2, -0.15) is 8.78 Å². The number of furan rings is 1. The highest BCUT2D eigenvalue weighted by atomic mass is 19.3. The summed E-state index contributed by atoms with van der Waals surface area (Å²) in [7, 11) is 0. The highest BCUT2D eigenvalue weighted by Crippen LogP contribution is 2.21. The Morgan fingerprint density at radius 2 is 2.09 bits per heavy atom. The SMILES string of the molecule is Cc1cc(CNC(=O)/C=C/c2ccccc2OC(F)F)c(C)o1. The number of aryl methyl sites for hydroxylation is 2. The number of carbonyl (C=O) groups excluding carboxylic acids is 1. The van der Waals surface area contributed by atoms with Gasteiger partial charge in [-0.3, -0.25) is 4.79 Å². The first-order chi connectivity index (χ1) is 11.0. The first-order valence-electron chi connectivity index (χ1n) is 7.01. The first-order valence-corrected chi connectivity index (χ1v) is 7.01. The molecule has 1 heterocycles. The van der Waals surface area contributed by atoms with Gasteiger partial charge in [0.2, 0.25) is 5.91 Å². The summed E-state index contributed by atoms with van der Waals surface area (Å²) in [5, 5.41) is 2.71. The number of hydrogen-bond acceptors (Lipinski definition) is 3. The van der Waals surface area contributed by atoms with Crippen LogP contribution in [0.3, 0.4) is 0 Å². The zero-order valence-corrected chi connectivity index (χ0v) is 12.8. The fraction of sp³-hybridized carbons (Fsp3) is 0.235. The number of para-hydroxylation sites is 1. The van der Waals surface area contributed by atoms with Gasteiger partial charge in [-0.05, 0) is 32.1 Å². The van der Waals surface area contributed by atoms with Gasteiger partial charge < -0.3 is 14.5 Å². The fourth-order valence-corrected chi connectivity index (χ4v) is 2.09. The van der Waals surface area contributed by atoms with Crippen molar-refractivity contribution in [3.05, 3.63) is 59.1 Å². The fourth-order valence-electron chi connectivity index (χ4n) is 2.09. The van der Waals surface area contributed by atoms with Crippen LogP contribution in [-0.4, -0.2) is 12.5 Å². The molecule has 0 aliphatic heterocycles. The Bertz CT molecular complexity index is 708. The standard InChI is InChI=1S/C17H17F2NO3/c1-11-9-14(12(2)22-11)10-20-16(21)8-7-13-5-3-4-6-15(13)23-17(18)19/h3-9,17H,10H2,1-2H3,(H,20,21)/b8-7+. The third-order valence-corrected chi connectivity index (χ3v) is 3.15. The summed E-state index contributed by atoms with van der Waals surface area (Å²) in [6.45, 7) is 1.08. The van der Waals surface area contributed by atoms with Crippen LogP contribution in [0.4, 0.5) is 8.78 Å². The van der Waals surface area contributed by atoms with Crippen LogP contribution in [0.2, 0.25) is 0 Å². The molecule has 1 amide bonds. The Balaban J connectivity index is 1.97. The van der Waals surface area contributed by atoms with E-state index in [2.05, 4.69) is 10.1 Å². The van der Waals surface area contributed by atoms with E-state index in [1.165, 1.54) is 18.2 Å². The predicted octanol–water partition coefficient (Wildman–Crippen LogP) is 3.83. The summed E-state index contributed by atoms with van der Waals surface area (Å²) in [5.74, 6) is 1.21. The first kappa shape index (κ1) is 16.7. The van der Waals surface area contributed by atoms with Crippen LogP contribution < -0.4 is 10.1 Å². The second-order valence-corrected chi connectivity index (χ2v) is 4.91. The molecule has 122 valence electrons. The molecule has 2 rings (SSSR count). The van der Waals surface area contributed by atoms with E-state index in [-0.39, 0.29) is 11.7 Å². The number of ether oxygens (including phenoxy) is 1. The van der Waals surface area contributed by atoms with E-state index in [0.717, 1.165) is 17.1 Å². The summed E-state index contributed by atoms with van der Waals surface area (Å²) in [6, 6.07) is 8.12. The molecule has 1 N–H and O–H groups in total. The zero-order valence-electron chi connectivity index (χ0n) is 12.8. The second-order valence-electron chi connectivity index (χ2n) is 4.91. The molecule has 0 saturated heterocycles. The van der Waals surface area contributed by atoms with Crippen LogP contribution in [0.1, 0.15) is 22.6 Å². The van der Waals surface area contributed by atoms with Gasteiger partial charge in [0.05, 0.1) is 0 Å². The number of benzene rings is 1. The predicted molar refractivity (Wildman–Crippen MR) is 82.1 cm³/mol. The molecule has 0 saturated carbocycles. The molecule has 0 spiro atoms. The number of amides is 1. The van der Waals surface area contributed by atoms with E-state index < -0.39 is 6.61 Å². The van der Waals surface area contributed by atoms with Gasteiger partial charge in [0.1, 0.15) is 17.3 Å². The van der Waals surface area contributed by atoms with E-state index in [1.54, 1.807) is 18.2 Å². The molecule has 2 aromatic rings.